The monoisotopic (exact) mass is 232 g/mol. The van der Waals surface area contributed by atoms with Gasteiger partial charge < -0.3 is 9.88 Å². The number of anilines is 1. The highest BCUT2D eigenvalue weighted by molar-refractivity contribution is 5.40. The summed E-state index contributed by atoms with van der Waals surface area (Å²) < 4.78 is 3.44. The van der Waals surface area contributed by atoms with E-state index in [9.17, 15) is 4.79 Å². The highest BCUT2D eigenvalue weighted by Crippen LogP contribution is 2.06. The van der Waals surface area contributed by atoms with Gasteiger partial charge in [-0.1, -0.05) is 0 Å². The summed E-state index contributed by atoms with van der Waals surface area (Å²) in [6.07, 6.45) is 5.64. The first kappa shape index (κ1) is 11.4. The highest BCUT2D eigenvalue weighted by atomic mass is 16.1. The lowest BCUT2D eigenvalue weighted by Gasteiger charge is -2.05. The third kappa shape index (κ3) is 2.75. The van der Waals surface area contributed by atoms with E-state index in [-0.39, 0.29) is 5.56 Å². The second-order valence-corrected chi connectivity index (χ2v) is 3.92. The van der Waals surface area contributed by atoms with Crippen LogP contribution in [0.5, 0.6) is 0 Å². The maximum atomic E-state index is 11.2. The SMILES string of the molecule is CCn1cc(CNc2ccc(=O)n(C)c2)cn1. The van der Waals surface area contributed by atoms with E-state index in [1.54, 1.807) is 29.9 Å². The molecule has 0 atom stereocenters. The predicted molar refractivity (Wildman–Crippen MR) is 66.9 cm³/mol. The van der Waals surface area contributed by atoms with Gasteiger partial charge >= 0.3 is 0 Å². The molecule has 0 aliphatic heterocycles. The van der Waals surface area contributed by atoms with Crippen molar-refractivity contribution in [2.24, 2.45) is 7.05 Å². The van der Waals surface area contributed by atoms with Crippen molar-refractivity contribution in [2.45, 2.75) is 20.0 Å². The van der Waals surface area contributed by atoms with Crippen LogP contribution in [0.4, 0.5) is 5.69 Å². The molecule has 0 spiro atoms. The molecule has 5 heteroatoms. The number of aromatic nitrogens is 3. The summed E-state index contributed by atoms with van der Waals surface area (Å²) in [5.41, 5.74) is 2.05. The van der Waals surface area contributed by atoms with Gasteiger partial charge in [0.15, 0.2) is 0 Å². The molecule has 0 aromatic carbocycles. The van der Waals surface area contributed by atoms with E-state index in [0.29, 0.717) is 6.54 Å². The summed E-state index contributed by atoms with van der Waals surface area (Å²) in [4.78, 5) is 11.2. The maximum Gasteiger partial charge on any atom is 0.250 e. The minimum Gasteiger partial charge on any atom is -0.380 e. The van der Waals surface area contributed by atoms with Gasteiger partial charge in [0.25, 0.3) is 0 Å². The molecule has 0 radical (unpaired) electrons. The zero-order chi connectivity index (χ0) is 12.3. The predicted octanol–water partition coefficient (Wildman–Crippen LogP) is 1.21. The first-order valence-corrected chi connectivity index (χ1v) is 5.61. The number of rotatable bonds is 4. The van der Waals surface area contributed by atoms with Crippen molar-refractivity contribution in [1.82, 2.24) is 14.3 Å². The van der Waals surface area contributed by atoms with Gasteiger partial charge in [0.05, 0.1) is 11.9 Å². The van der Waals surface area contributed by atoms with Crippen LogP contribution in [0.1, 0.15) is 12.5 Å². The molecular weight excluding hydrogens is 216 g/mol. The van der Waals surface area contributed by atoms with Crippen LogP contribution in [0.25, 0.3) is 0 Å². The van der Waals surface area contributed by atoms with E-state index in [2.05, 4.69) is 17.3 Å². The quantitative estimate of drug-likeness (QED) is 0.862. The number of hydrogen-bond acceptors (Lipinski definition) is 3. The number of nitrogens with one attached hydrogen (secondary N) is 1. The van der Waals surface area contributed by atoms with Gasteiger partial charge in [-0.25, -0.2) is 0 Å². The first-order chi connectivity index (χ1) is 8.19. The summed E-state index contributed by atoms with van der Waals surface area (Å²) in [7, 11) is 1.74. The topological polar surface area (TPSA) is 51.9 Å². The average Bonchev–Trinajstić information content (AvgIpc) is 2.79. The third-order valence-electron chi connectivity index (χ3n) is 2.59. The Morgan fingerprint density at radius 2 is 2.18 bits per heavy atom. The van der Waals surface area contributed by atoms with Crippen molar-refractivity contribution in [3.63, 3.8) is 0 Å². The zero-order valence-corrected chi connectivity index (χ0v) is 10.1. The van der Waals surface area contributed by atoms with Gasteiger partial charge in [-0.05, 0) is 13.0 Å². The summed E-state index contributed by atoms with van der Waals surface area (Å²) >= 11 is 0. The Kier molecular flexibility index (Phi) is 3.27. The fourth-order valence-electron chi connectivity index (χ4n) is 1.57. The van der Waals surface area contributed by atoms with Crippen LogP contribution in [0, 0.1) is 0 Å². The van der Waals surface area contributed by atoms with E-state index in [0.717, 1.165) is 17.8 Å². The molecular formula is C12H16N4O. The molecule has 1 N–H and O–H groups in total. The molecule has 17 heavy (non-hydrogen) atoms. The van der Waals surface area contributed by atoms with Crippen LogP contribution in [-0.2, 0) is 20.1 Å². The molecule has 2 aromatic heterocycles. The number of pyridine rings is 1. The van der Waals surface area contributed by atoms with Crippen molar-refractivity contribution in [3.8, 4) is 0 Å². The average molecular weight is 232 g/mol. The standard InChI is InChI=1S/C12H16N4O/c1-3-16-8-10(7-14-16)6-13-11-4-5-12(17)15(2)9-11/h4-5,7-9,13H,3,6H2,1-2H3. The molecule has 2 rings (SSSR count). The Bertz CT molecular complexity index is 556. The smallest absolute Gasteiger partial charge is 0.250 e. The molecule has 0 saturated heterocycles. The Balaban J connectivity index is 2.02. The van der Waals surface area contributed by atoms with E-state index >= 15 is 0 Å². The van der Waals surface area contributed by atoms with Crippen LogP contribution in [-0.4, -0.2) is 14.3 Å². The van der Waals surface area contributed by atoms with E-state index in [4.69, 9.17) is 0 Å². The molecule has 5 nitrogen and oxygen atoms in total. The van der Waals surface area contributed by atoms with Gasteiger partial charge in [0.1, 0.15) is 0 Å². The molecule has 2 heterocycles. The van der Waals surface area contributed by atoms with Crippen molar-refractivity contribution in [2.75, 3.05) is 5.32 Å². The van der Waals surface area contributed by atoms with Gasteiger partial charge in [0, 0.05) is 44.2 Å². The molecule has 0 bridgehead atoms. The molecule has 0 aliphatic carbocycles. The highest BCUT2D eigenvalue weighted by Gasteiger charge is 1.98. The van der Waals surface area contributed by atoms with Crippen LogP contribution >= 0.6 is 0 Å². The number of aryl methyl sites for hydroxylation is 2. The zero-order valence-electron chi connectivity index (χ0n) is 10.1. The van der Waals surface area contributed by atoms with Crippen LogP contribution in [0.2, 0.25) is 0 Å². The normalized spacial score (nSPS) is 10.5. The molecule has 90 valence electrons. The van der Waals surface area contributed by atoms with Crippen LogP contribution in [0.3, 0.4) is 0 Å². The maximum absolute atomic E-state index is 11.2. The summed E-state index contributed by atoms with van der Waals surface area (Å²) in [5, 5.41) is 7.45. The molecule has 2 aromatic rings. The van der Waals surface area contributed by atoms with Crippen LogP contribution in [0.15, 0.2) is 35.5 Å². The second-order valence-electron chi connectivity index (χ2n) is 3.92. The Hall–Kier alpha value is -2.04. The molecule has 0 amide bonds. The molecule has 0 fully saturated rings. The Morgan fingerprint density at radius 1 is 1.35 bits per heavy atom. The fourth-order valence-corrected chi connectivity index (χ4v) is 1.57. The second kappa shape index (κ2) is 4.86. The Labute approximate surface area is 99.7 Å². The third-order valence-corrected chi connectivity index (χ3v) is 2.59. The lowest BCUT2D eigenvalue weighted by molar-refractivity contribution is 0.659. The van der Waals surface area contributed by atoms with Crippen LogP contribution < -0.4 is 10.9 Å². The lowest BCUT2D eigenvalue weighted by atomic mass is 10.3. The van der Waals surface area contributed by atoms with Gasteiger partial charge in [0.2, 0.25) is 5.56 Å². The van der Waals surface area contributed by atoms with Gasteiger partial charge in [-0.15, -0.1) is 0 Å². The minimum atomic E-state index is -0.00523. The van der Waals surface area contributed by atoms with E-state index in [1.807, 2.05) is 17.1 Å². The first-order valence-electron chi connectivity index (χ1n) is 5.61. The molecule has 0 aliphatic rings. The van der Waals surface area contributed by atoms with E-state index in [1.165, 1.54) is 0 Å². The minimum absolute atomic E-state index is 0.00523. The van der Waals surface area contributed by atoms with Gasteiger partial charge in [-0.3, -0.25) is 9.48 Å². The van der Waals surface area contributed by atoms with Crippen molar-refractivity contribution in [3.05, 3.63) is 46.6 Å². The van der Waals surface area contributed by atoms with Gasteiger partial charge in [-0.2, -0.15) is 5.10 Å². The lowest BCUT2D eigenvalue weighted by Crippen LogP contribution is -2.15. The number of nitrogens with zero attached hydrogens (tertiary/aromatic N) is 3. The molecule has 0 unspecified atom stereocenters. The Morgan fingerprint density at radius 3 is 2.82 bits per heavy atom. The van der Waals surface area contributed by atoms with Crippen molar-refractivity contribution >= 4 is 5.69 Å². The summed E-state index contributed by atoms with van der Waals surface area (Å²) in [6.45, 7) is 3.63. The summed E-state index contributed by atoms with van der Waals surface area (Å²) in [5.74, 6) is 0. The van der Waals surface area contributed by atoms with Crippen molar-refractivity contribution < 1.29 is 0 Å². The fraction of sp³-hybridized carbons (Fsp3) is 0.333. The van der Waals surface area contributed by atoms with Crippen molar-refractivity contribution in [1.29, 1.82) is 0 Å². The molecule has 0 saturated carbocycles. The summed E-state index contributed by atoms with van der Waals surface area (Å²) in [6, 6.07) is 3.34. The van der Waals surface area contributed by atoms with E-state index < -0.39 is 0 Å². The number of hydrogen-bond donors (Lipinski definition) is 1. The largest absolute Gasteiger partial charge is 0.380 e.